The van der Waals surface area contributed by atoms with Crippen molar-refractivity contribution in [1.82, 2.24) is 15.2 Å². The molecule has 0 saturated heterocycles. The van der Waals surface area contributed by atoms with Gasteiger partial charge in [0.1, 0.15) is 5.01 Å². The molecule has 0 unspecified atom stereocenters. The van der Waals surface area contributed by atoms with E-state index in [0.717, 1.165) is 51.5 Å². The second kappa shape index (κ2) is 7.49. The van der Waals surface area contributed by atoms with Crippen LogP contribution in [0.2, 0.25) is 0 Å². The lowest BCUT2D eigenvalue weighted by Crippen LogP contribution is -2.03. The molecule has 6 heteroatoms. The molecule has 0 fully saturated rings. The molecule has 2 aromatic carbocycles. The Bertz CT molecular complexity index is 1030. The summed E-state index contributed by atoms with van der Waals surface area (Å²) in [4.78, 5) is 4.15. The van der Waals surface area contributed by atoms with Crippen LogP contribution >= 0.6 is 11.3 Å². The van der Waals surface area contributed by atoms with Crippen molar-refractivity contribution in [2.24, 2.45) is 0 Å². The predicted molar refractivity (Wildman–Crippen MR) is 108 cm³/mol. The molecule has 0 aliphatic rings. The van der Waals surface area contributed by atoms with Gasteiger partial charge >= 0.3 is 0 Å². The van der Waals surface area contributed by atoms with Crippen LogP contribution in [0, 0.1) is 0 Å². The van der Waals surface area contributed by atoms with Crippen LogP contribution < -0.4 is 11.1 Å². The summed E-state index contributed by atoms with van der Waals surface area (Å²) in [5.74, 6) is 0. The number of aromatic nitrogens is 3. The number of nitrogen functional groups attached to an aromatic ring is 1. The third-order valence-corrected chi connectivity index (χ3v) is 5.20. The Balaban J connectivity index is 1.37. The summed E-state index contributed by atoms with van der Waals surface area (Å²) in [5, 5.41) is 16.0. The van der Waals surface area contributed by atoms with Crippen LogP contribution in [0.25, 0.3) is 21.3 Å². The first kappa shape index (κ1) is 16.5. The molecular weight excluding hydrogens is 342 g/mol. The van der Waals surface area contributed by atoms with Gasteiger partial charge in [-0.2, -0.15) is 0 Å². The van der Waals surface area contributed by atoms with Gasteiger partial charge in [0.15, 0.2) is 0 Å². The number of rotatable bonds is 6. The lowest BCUT2D eigenvalue weighted by atomic mass is 10.1. The predicted octanol–water partition coefficient (Wildman–Crippen LogP) is 4.38. The number of para-hydroxylation sites is 1. The second-order valence-electron chi connectivity index (χ2n) is 6.08. The summed E-state index contributed by atoms with van der Waals surface area (Å²) in [6.07, 6.45) is 5.61. The summed E-state index contributed by atoms with van der Waals surface area (Å²) in [7, 11) is 0. The molecule has 3 N–H and O–H groups in total. The Kier molecular flexibility index (Phi) is 4.75. The normalized spacial score (nSPS) is 10.9. The van der Waals surface area contributed by atoms with E-state index in [9.17, 15) is 0 Å². The monoisotopic (exact) mass is 361 g/mol. The van der Waals surface area contributed by atoms with Gasteiger partial charge in [0, 0.05) is 35.6 Å². The van der Waals surface area contributed by atoms with E-state index < -0.39 is 0 Å². The zero-order valence-corrected chi connectivity index (χ0v) is 15.0. The van der Waals surface area contributed by atoms with E-state index in [2.05, 4.69) is 44.8 Å². The molecule has 4 rings (SSSR count). The second-order valence-corrected chi connectivity index (χ2v) is 7.06. The summed E-state index contributed by atoms with van der Waals surface area (Å²) >= 11 is 1.57. The van der Waals surface area contributed by atoms with E-state index in [1.165, 1.54) is 5.56 Å². The number of hydrogen-bond acceptors (Lipinski definition) is 6. The third kappa shape index (κ3) is 3.65. The number of nitrogens with two attached hydrogens (primary N) is 1. The van der Waals surface area contributed by atoms with Crippen LogP contribution in [0.1, 0.15) is 12.0 Å². The van der Waals surface area contributed by atoms with Gasteiger partial charge in [-0.3, -0.25) is 4.98 Å². The Morgan fingerprint density at radius 1 is 1.00 bits per heavy atom. The van der Waals surface area contributed by atoms with Gasteiger partial charge < -0.3 is 11.1 Å². The molecule has 0 radical (unpaired) electrons. The number of pyridine rings is 1. The molecule has 0 saturated carbocycles. The molecule has 0 bridgehead atoms. The van der Waals surface area contributed by atoms with E-state index in [1.54, 1.807) is 17.5 Å². The number of nitrogens with one attached hydrogen (secondary N) is 1. The smallest absolute Gasteiger partial charge is 0.206 e. The molecule has 0 amide bonds. The Hall–Kier alpha value is -2.99. The van der Waals surface area contributed by atoms with Crippen LogP contribution in [-0.2, 0) is 6.42 Å². The lowest BCUT2D eigenvalue weighted by Gasteiger charge is -2.05. The van der Waals surface area contributed by atoms with Crippen molar-refractivity contribution < 1.29 is 0 Å². The largest absolute Gasteiger partial charge is 0.399 e. The summed E-state index contributed by atoms with van der Waals surface area (Å²) in [6.45, 7) is 0.840. The zero-order valence-electron chi connectivity index (χ0n) is 14.2. The van der Waals surface area contributed by atoms with Crippen molar-refractivity contribution in [3.8, 4) is 10.6 Å². The zero-order chi connectivity index (χ0) is 17.8. The maximum atomic E-state index is 5.98. The molecule has 0 aliphatic carbocycles. The van der Waals surface area contributed by atoms with Crippen molar-refractivity contribution >= 4 is 32.9 Å². The fraction of sp³-hybridized carbons (Fsp3) is 0.150. The van der Waals surface area contributed by atoms with Gasteiger partial charge in [0.25, 0.3) is 0 Å². The fourth-order valence-corrected chi connectivity index (χ4v) is 3.63. The molecule has 4 aromatic rings. The lowest BCUT2D eigenvalue weighted by molar-refractivity contribution is 0.860. The highest BCUT2D eigenvalue weighted by molar-refractivity contribution is 7.18. The minimum Gasteiger partial charge on any atom is -0.399 e. The third-order valence-electron chi connectivity index (χ3n) is 4.27. The van der Waals surface area contributed by atoms with Crippen molar-refractivity contribution in [2.75, 3.05) is 17.6 Å². The highest BCUT2D eigenvalue weighted by Crippen LogP contribution is 2.28. The Morgan fingerprint density at radius 3 is 2.85 bits per heavy atom. The summed E-state index contributed by atoms with van der Waals surface area (Å²) < 4.78 is 0. The average Bonchev–Trinajstić information content (AvgIpc) is 3.15. The van der Waals surface area contributed by atoms with Gasteiger partial charge in [-0.25, -0.2) is 0 Å². The Labute approximate surface area is 155 Å². The van der Waals surface area contributed by atoms with Crippen molar-refractivity contribution in [3.05, 3.63) is 66.5 Å². The van der Waals surface area contributed by atoms with Crippen LogP contribution in [-0.4, -0.2) is 21.7 Å². The van der Waals surface area contributed by atoms with Crippen LogP contribution in [0.15, 0.2) is 60.9 Å². The van der Waals surface area contributed by atoms with Gasteiger partial charge in [-0.1, -0.05) is 41.7 Å². The number of hydrogen-bond donors (Lipinski definition) is 2. The fourth-order valence-electron chi connectivity index (χ4n) is 2.86. The first-order valence-electron chi connectivity index (χ1n) is 8.54. The minimum atomic E-state index is 0.840. The van der Waals surface area contributed by atoms with Crippen LogP contribution in [0.4, 0.5) is 10.8 Å². The molecular formula is C20H19N5S. The maximum Gasteiger partial charge on any atom is 0.206 e. The standard InChI is InChI=1S/C20H19N5S/c21-18-6-2-1-4-14(18)5-3-10-23-20-25-24-19(26-20)16-7-8-17-13-22-11-9-15(17)12-16/h1-2,4,6-9,11-13H,3,5,10,21H2,(H,23,25). The number of aryl methyl sites for hydroxylation is 1. The maximum absolute atomic E-state index is 5.98. The summed E-state index contributed by atoms with van der Waals surface area (Å²) in [6, 6.07) is 16.3. The van der Waals surface area contributed by atoms with Gasteiger partial charge in [-0.05, 0) is 42.0 Å². The SMILES string of the molecule is Nc1ccccc1CCCNc1nnc(-c2ccc3cnccc3c2)s1. The van der Waals surface area contributed by atoms with E-state index in [-0.39, 0.29) is 0 Å². The minimum absolute atomic E-state index is 0.840. The van der Waals surface area contributed by atoms with Crippen molar-refractivity contribution in [3.63, 3.8) is 0 Å². The van der Waals surface area contributed by atoms with Gasteiger partial charge in [-0.15, -0.1) is 10.2 Å². The topological polar surface area (TPSA) is 76.7 Å². The number of anilines is 2. The van der Waals surface area contributed by atoms with E-state index in [4.69, 9.17) is 5.73 Å². The highest BCUT2D eigenvalue weighted by Gasteiger charge is 2.07. The molecule has 5 nitrogen and oxygen atoms in total. The molecule has 2 aromatic heterocycles. The quantitative estimate of drug-likeness (QED) is 0.394. The first-order chi connectivity index (χ1) is 12.8. The highest BCUT2D eigenvalue weighted by atomic mass is 32.1. The Morgan fingerprint density at radius 2 is 1.92 bits per heavy atom. The molecule has 26 heavy (non-hydrogen) atoms. The number of fused-ring (bicyclic) bond motifs is 1. The first-order valence-corrected chi connectivity index (χ1v) is 9.36. The van der Waals surface area contributed by atoms with E-state index >= 15 is 0 Å². The van der Waals surface area contributed by atoms with Crippen molar-refractivity contribution in [2.45, 2.75) is 12.8 Å². The van der Waals surface area contributed by atoms with Gasteiger partial charge in [0.2, 0.25) is 5.13 Å². The van der Waals surface area contributed by atoms with Gasteiger partial charge in [0.05, 0.1) is 0 Å². The van der Waals surface area contributed by atoms with E-state index in [0.29, 0.717) is 0 Å². The van der Waals surface area contributed by atoms with Crippen LogP contribution in [0.5, 0.6) is 0 Å². The van der Waals surface area contributed by atoms with Crippen LogP contribution in [0.3, 0.4) is 0 Å². The average molecular weight is 361 g/mol. The number of benzene rings is 2. The molecule has 130 valence electrons. The number of nitrogens with zero attached hydrogens (tertiary/aromatic N) is 3. The molecule has 0 atom stereocenters. The molecule has 2 heterocycles. The van der Waals surface area contributed by atoms with E-state index in [1.807, 2.05) is 30.5 Å². The molecule has 0 aliphatic heterocycles. The van der Waals surface area contributed by atoms with Crippen molar-refractivity contribution in [1.29, 1.82) is 0 Å². The summed E-state index contributed by atoms with van der Waals surface area (Å²) in [5.41, 5.74) is 9.10. The molecule has 0 spiro atoms.